The van der Waals surface area contributed by atoms with Gasteiger partial charge in [0.2, 0.25) is 0 Å². The number of carbonyl (C=O) groups excluding carboxylic acids is 1. The Morgan fingerprint density at radius 2 is 1.81 bits per heavy atom. The lowest BCUT2D eigenvalue weighted by Gasteiger charge is -2.32. The van der Waals surface area contributed by atoms with Gasteiger partial charge in [0.15, 0.2) is 0 Å². The molecule has 0 N–H and O–H groups in total. The first-order chi connectivity index (χ1) is 14.7. The molecule has 1 atom stereocenters. The molecule has 3 aromatic rings. The molecule has 5 heteroatoms. The number of aryl methyl sites for hydroxylation is 2. The van der Waals surface area contributed by atoms with E-state index in [2.05, 4.69) is 62.3 Å². The summed E-state index contributed by atoms with van der Waals surface area (Å²) in [6.45, 7) is 9.88. The molecule has 0 radical (unpaired) electrons. The summed E-state index contributed by atoms with van der Waals surface area (Å²) in [4.78, 5) is 20.2. The summed E-state index contributed by atoms with van der Waals surface area (Å²) < 4.78 is 1.73. The van der Waals surface area contributed by atoms with Gasteiger partial charge in [-0.25, -0.2) is 0 Å². The highest BCUT2D eigenvalue weighted by molar-refractivity contribution is 5.93. The lowest BCUT2D eigenvalue weighted by Crippen LogP contribution is -2.40. The molecule has 1 aliphatic heterocycles. The van der Waals surface area contributed by atoms with Crippen molar-refractivity contribution in [2.24, 2.45) is 7.05 Å². The molecule has 0 unspecified atom stereocenters. The Morgan fingerprint density at radius 1 is 1.06 bits per heavy atom. The molecule has 2 aromatic heterocycles. The van der Waals surface area contributed by atoms with E-state index in [-0.39, 0.29) is 17.2 Å². The van der Waals surface area contributed by atoms with Crippen LogP contribution >= 0.6 is 0 Å². The minimum atomic E-state index is -0.0833. The van der Waals surface area contributed by atoms with Crippen LogP contribution in [0.25, 0.3) is 11.1 Å². The number of likely N-dealkylation sites (tertiary alicyclic amines) is 1. The summed E-state index contributed by atoms with van der Waals surface area (Å²) in [5, 5.41) is 4.59. The van der Waals surface area contributed by atoms with E-state index in [1.165, 1.54) is 11.1 Å². The molecule has 31 heavy (non-hydrogen) atoms. The third-order valence-corrected chi connectivity index (χ3v) is 6.07. The van der Waals surface area contributed by atoms with Gasteiger partial charge in [0.05, 0.1) is 5.69 Å². The first kappa shape index (κ1) is 21.3. The molecule has 1 fully saturated rings. The van der Waals surface area contributed by atoms with E-state index in [0.29, 0.717) is 12.2 Å². The van der Waals surface area contributed by atoms with E-state index in [1.54, 1.807) is 4.68 Å². The molecule has 0 aliphatic carbocycles. The fraction of sp³-hybridized carbons (Fsp3) is 0.423. The molecular formula is C26H32N4O. The van der Waals surface area contributed by atoms with Crippen LogP contribution in [0.3, 0.4) is 0 Å². The molecular weight excluding hydrogens is 384 g/mol. The maximum absolute atomic E-state index is 13.3. The quantitative estimate of drug-likeness (QED) is 0.596. The van der Waals surface area contributed by atoms with Crippen LogP contribution in [-0.4, -0.2) is 38.7 Å². The minimum absolute atomic E-state index is 0.0612. The van der Waals surface area contributed by atoms with Gasteiger partial charge in [0, 0.05) is 42.9 Å². The molecule has 162 valence electrons. The number of benzene rings is 1. The fourth-order valence-electron chi connectivity index (χ4n) is 4.30. The van der Waals surface area contributed by atoms with E-state index in [1.807, 2.05) is 31.0 Å². The van der Waals surface area contributed by atoms with Crippen molar-refractivity contribution < 1.29 is 4.79 Å². The summed E-state index contributed by atoms with van der Waals surface area (Å²) in [5.74, 6) is 0.307. The lowest BCUT2D eigenvalue weighted by atomic mass is 9.91. The zero-order valence-corrected chi connectivity index (χ0v) is 19.2. The number of amides is 1. The van der Waals surface area contributed by atoms with Gasteiger partial charge in [-0.1, -0.05) is 51.1 Å². The second-order valence-corrected chi connectivity index (χ2v) is 9.67. The minimum Gasteiger partial charge on any atom is -0.337 e. The van der Waals surface area contributed by atoms with Gasteiger partial charge in [-0.15, -0.1) is 0 Å². The lowest BCUT2D eigenvalue weighted by molar-refractivity contribution is 0.0694. The first-order valence-corrected chi connectivity index (χ1v) is 11.1. The van der Waals surface area contributed by atoms with Gasteiger partial charge < -0.3 is 4.90 Å². The van der Waals surface area contributed by atoms with E-state index in [4.69, 9.17) is 4.98 Å². The number of hydrogen-bond donors (Lipinski definition) is 0. The van der Waals surface area contributed by atoms with Crippen molar-refractivity contribution >= 4 is 5.91 Å². The average molecular weight is 417 g/mol. The van der Waals surface area contributed by atoms with E-state index in [0.717, 1.165) is 36.5 Å². The third kappa shape index (κ3) is 4.55. The fourth-order valence-corrected chi connectivity index (χ4v) is 4.30. The van der Waals surface area contributed by atoms with E-state index < -0.39 is 0 Å². The molecule has 1 amide bonds. The monoisotopic (exact) mass is 416 g/mol. The predicted molar refractivity (Wildman–Crippen MR) is 124 cm³/mol. The maximum Gasteiger partial charge on any atom is 0.272 e. The van der Waals surface area contributed by atoms with Gasteiger partial charge in [-0.2, -0.15) is 5.10 Å². The highest BCUT2D eigenvalue weighted by Gasteiger charge is 2.29. The summed E-state index contributed by atoms with van der Waals surface area (Å²) in [6.07, 6.45) is 2.03. The Morgan fingerprint density at radius 3 is 2.48 bits per heavy atom. The topological polar surface area (TPSA) is 51.0 Å². The van der Waals surface area contributed by atoms with Crippen LogP contribution < -0.4 is 0 Å². The van der Waals surface area contributed by atoms with Crippen molar-refractivity contribution in [3.05, 3.63) is 71.3 Å². The standard InChI is InChI=1S/C26H32N4O/c1-18-14-21(19-10-7-6-8-11-19)15-22(27-18)20-12-9-13-30(17-20)25(31)23-16-24(26(2,3)4)28-29(23)5/h6-8,10-11,14-16,20H,9,12-13,17H2,1-5H3/t20-/m1/s1. The van der Waals surface area contributed by atoms with Crippen molar-refractivity contribution in [2.75, 3.05) is 13.1 Å². The molecule has 1 aliphatic rings. The molecule has 1 aromatic carbocycles. The largest absolute Gasteiger partial charge is 0.337 e. The predicted octanol–water partition coefficient (Wildman–Crippen LogP) is 5.11. The first-order valence-electron chi connectivity index (χ1n) is 11.1. The van der Waals surface area contributed by atoms with Crippen LogP contribution in [0, 0.1) is 6.92 Å². The average Bonchev–Trinajstić information content (AvgIpc) is 3.15. The Balaban J connectivity index is 1.58. The van der Waals surface area contributed by atoms with Crippen LogP contribution in [0.5, 0.6) is 0 Å². The molecule has 1 saturated heterocycles. The van der Waals surface area contributed by atoms with Crippen LogP contribution in [0.4, 0.5) is 0 Å². The van der Waals surface area contributed by atoms with E-state index in [9.17, 15) is 4.79 Å². The summed E-state index contributed by atoms with van der Waals surface area (Å²) in [7, 11) is 1.86. The van der Waals surface area contributed by atoms with Gasteiger partial charge in [0.1, 0.15) is 5.69 Å². The van der Waals surface area contributed by atoms with Crippen molar-refractivity contribution in [3.8, 4) is 11.1 Å². The van der Waals surface area contributed by atoms with Crippen LogP contribution in [-0.2, 0) is 12.5 Å². The number of rotatable bonds is 3. The molecule has 3 heterocycles. The summed E-state index contributed by atoms with van der Waals surface area (Å²) in [5.41, 5.74) is 6.00. The van der Waals surface area contributed by atoms with Crippen molar-refractivity contribution in [2.45, 2.75) is 51.9 Å². The zero-order chi connectivity index (χ0) is 22.2. The van der Waals surface area contributed by atoms with Crippen molar-refractivity contribution in [1.29, 1.82) is 0 Å². The van der Waals surface area contributed by atoms with Crippen LogP contribution in [0.15, 0.2) is 48.5 Å². The van der Waals surface area contributed by atoms with Crippen LogP contribution in [0.1, 0.15) is 67.1 Å². The third-order valence-electron chi connectivity index (χ3n) is 6.07. The Labute approximate surface area is 185 Å². The molecule has 0 saturated carbocycles. The Kier molecular flexibility index (Phi) is 5.69. The van der Waals surface area contributed by atoms with Crippen molar-refractivity contribution in [3.63, 3.8) is 0 Å². The number of piperidine rings is 1. The number of aromatic nitrogens is 3. The highest BCUT2D eigenvalue weighted by Crippen LogP contribution is 2.30. The van der Waals surface area contributed by atoms with Gasteiger partial charge in [0.25, 0.3) is 5.91 Å². The SMILES string of the molecule is Cc1cc(-c2ccccc2)cc([C@@H]2CCCN(C(=O)c3cc(C(C)(C)C)nn3C)C2)n1. The molecule has 4 rings (SSSR count). The number of nitrogens with zero attached hydrogens (tertiary/aromatic N) is 4. The second-order valence-electron chi connectivity index (χ2n) is 9.67. The number of hydrogen-bond acceptors (Lipinski definition) is 3. The number of carbonyl (C=O) groups is 1. The van der Waals surface area contributed by atoms with Gasteiger partial charge in [-0.05, 0) is 49.1 Å². The summed E-state index contributed by atoms with van der Waals surface area (Å²) in [6, 6.07) is 16.7. The smallest absolute Gasteiger partial charge is 0.272 e. The molecule has 5 nitrogen and oxygen atoms in total. The van der Waals surface area contributed by atoms with Crippen molar-refractivity contribution in [1.82, 2.24) is 19.7 Å². The highest BCUT2D eigenvalue weighted by atomic mass is 16.2. The Bertz CT molecular complexity index is 1080. The normalized spacial score (nSPS) is 17.1. The molecule has 0 spiro atoms. The van der Waals surface area contributed by atoms with Gasteiger partial charge in [-0.3, -0.25) is 14.5 Å². The number of pyridine rings is 1. The van der Waals surface area contributed by atoms with Gasteiger partial charge >= 0.3 is 0 Å². The van der Waals surface area contributed by atoms with Crippen LogP contribution in [0.2, 0.25) is 0 Å². The second kappa shape index (κ2) is 8.29. The Hall–Kier alpha value is -2.95. The maximum atomic E-state index is 13.3. The summed E-state index contributed by atoms with van der Waals surface area (Å²) >= 11 is 0. The van der Waals surface area contributed by atoms with E-state index >= 15 is 0 Å². The zero-order valence-electron chi connectivity index (χ0n) is 19.2. The molecule has 0 bridgehead atoms.